The summed E-state index contributed by atoms with van der Waals surface area (Å²) >= 11 is 1.67. The highest BCUT2D eigenvalue weighted by molar-refractivity contribution is 7.99. The average molecular weight is 214 g/mol. The summed E-state index contributed by atoms with van der Waals surface area (Å²) in [7, 11) is 0. The Kier molecular flexibility index (Phi) is 5.71. The molecule has 1 N–H and O–H groups in total. The smallest absolute Gasteiger partial charge is 0.255 e. The summed E-state index contributed by atoms with van der Waals surface area (Å²) in [6.45, 7) is 5.47. The lowest BCUT2D eigenvalue weighted by molar-refractivity contribution is 0.452. The Labute approximate surface area is 89.7 Å². The van der Waals surface area contributed by atoms with Gasteiger partial charge < -0.3 is 9.73 Å². The summed E-state index contributed by atoms with van der Waals surface area (Å²) in [6.07, 6.45) is 5.62. The summed E-state index contributed by atoms with van der Waals surface area (Å²) in [5.41, 5.74) is 0. The highest BCUT2D eigenvalue weighted by Gasteiger charge is 2.07. The third-order valence-corrected chi connectivity index (χ3v) is 3.01. The molecular formula is C10H18N2OS. The molecule has 0 aliphatic rings. The summed E-state index contributed by atoms with van der Waals surface area (Å²) in [5.74, 6) is 1.02. The van der Waals surface area contributed by atoms with E-state index in [1.807, 2.05) is 0 Å². The molecule has 1 aromatic heterocycles. The molecule has 14 heavy (non-hydrogen) atoms. The van der Waals surface area contributed by atoms with Crippen molar-refractivity contribution in [2.75, 3.05) is 12.3 Å². The van der Waals surface area contributed by atoms with Gasteiger partial charge in [0.15, 0.2) is 0 Å². The normalized spacial score (nSPS) is 13.0. The average Bonchev–Trinajstić information content (AvgIpc) is 2.71. The first-order valence-corrected chi connectivity index (χ1v) is 6.11. The lowest BCUT2D eigenvalue weighted by Gasteiger charge is -2.14. The van der Waals surface area contributed by atoms with Crippen LogP contribution < -0.4 is 5.32 Å². The van der Waals surface area contributed by atoms with Gasteiger partial charge in [0.2, 0.25) is 0 Å². The summed E-state index contributed by atoms with van der Waals surface area (Å²) in [5, 5.41) is 4.26. The van der Waals surface area contributed by atoms with E-state index in [2.05, 4.69) is 24.1 Å². The predicted octanol–water partition coefficient (Wildman–Crippen LogP) is 2.54. The van der Waals surface area contributed by atoms with Gasteiger partial charge in [-0.05, 0) is 19.4 Å². The molecule has 1 atom stereocenters. The van der Waals surface area contributed by atoms with Crippen molar-refractivity contribution in [3.8, 4) is 0 Å². The van der Waals surface area contributed by atoms with E-state index in [1.165, 1.54) is 6.42 Å². The number of aromatic nitrogens is 1. The van der Waals surface area contributed by atoms with Gasteiger partial charge in [-0.2, -0.15) is 0 Å². The van der Waals surface area contributed by atoms with Crippen LogP contribution in [0, 0.1) is 0 Å². The topological polar surface area (TPSA) is 38.1 Å². The molecule has 0 aromatic carbocycles. The van der Waals surface area contributed by atoms with E-state index >= 15 is 0 Å². The molecule has 0 aliphatic carbocycles. The number of oxazole rings is 1. The maximum atomic E-state index is 5.16. The van der Waals surface area contributed by atoms with Crippen LogP contribution in [-0.2, 0) is 0 Å². The van der Waals surface area contributed by atoms with Crippen molar-refractivity contribution in [1.82, 2.24) is 10.3 Å². The Hall–Kier alpha value is -0.480. The number of hydrogen-bond acceptors (Lipinski definition) is 4. The number of thioether (sulfide) groups is 1. The van der Waals surface area contributed by atoms with Crippen molar-refractivity contribution in [2.45, 2.75) is 38.0 Å². The Bertz CT molecular complexity index is 226. The molecule has 4 heteroatoms. The molecule has 0 amide bonds. The van der Waals surface area contributed by atoms with Gasteiger partial charge >= 0.3 is 0 Å². The molecule has 0 bridgehead atoms. The van der Waals surface area contributed by atoms with Gasteiger partial charge in [-0.3, -0.25) is 0 Å². The second kappa shape index (κ2) is 6.90. The monoisotopic (exact) mass is 214 g/mol. The number of hydrogen-bond donors (Lipinski definition) is 1. The van der Waals surface area contributed by atoms with Gasteiger partial charge in [-0.15, -0.1) is 0 Å². The minimum atomic E-state index is 0.562. The van der Waals surface area contributed by atoms with Gasteiger partial charge in [0.05, 0.1) is 6.20 Å². The van der Waals surface area contributed by atoms with Gasteiger partial charge in [-0.1, -0.05) is 25.6 Å². The summed E-state index contributed by atoms with van der Waals surface area (Å²) in [6, 6.07) is 0.562. The van der Waals surface area contributed by atoms with E-state index in [9.17, 15) is 0 Å². The van der Waals surface area contributed by atoms with Crippen LogP contribution in [0.15, 0.2) is 22.1 Å². The van der Waals surface area contributed by atoms with Crippen LogP contribution in [0.5, 0.6) is 0 Å². The quantitative estimate of drug-likeness (QED) is 0.708. The fourth-order valence-electron chi connectivity index (χ4n) is 1.12. The Balaban J connectivity index is 2.20. The third-order valence-electron chi connectivity index (χ3n) is 1.99. The lowest BCUT2D eigenvalue weighted by atomic mass is 10.2. The van der Waals surface area contributed by atoms with E-state index in [1.54, 1.807) is 24.2 Å². The largest absolute Gasteiger partial charge is 0.440 e. The van der Waals surface area contributed by atoms with Crippen LogP contribution in [0.25, 0.3) is 0 Å². The molecule has 1 rings (SSSR count). The third kappa shape index (κ3) is 4.15. The predicted molar refractivity (Wildman–Crippen MR) is 59.6 cm³/mol. The zero-order chi connectivity index (χ0) is 10.2. The van der Waals surface area contributed by atoms with E-state index < -0.39 is 0 Å². The van der Waals surface area contributed by atoms with Crippen molar-refractivity contribution in [2.24, 2.45) is 0 Å². The molecule has 80 valence electrons. The van der Waals surface area contributed by atoms with Gasteiger partial charge in [0, 0.05) is 11.8 Å². The number of nitrogens with one attached hydrogen (secondary N) is 1. The molecule has 1 aromatic rings. The maximum absolute atomic E-state index is 5.16. The van der Waals surface area contributed by atoms with Crippen molar-refractivity contribution < 1.29 is 4.42 Å². The van der Waals surface area contributed by atoms with Crippen LogP contribution in [0.1, 0.15) is 26.7 Å². The second-order valence-electron chi connectivity index (χ2n) is 3.17. The SMILES string of the molecule is CCCNC(CC)CSc1ncco1. The first kappa shape index (κ1) is 11.6. The van der Waals surface area contributed by atoms with E-state index in [4.69, 9.17) is 4.42 Å². The van der Waals surface area contributed by atoms with Crippen molar-refractivity contribution in [3.63, 3.8) is 0 Å². The Morgan fingerprint density at radius 3 is 3.00 bits per heavy atom. The molecule has 0 saturated heterocycles. The van der Waals surface area contributed by atoms with Crippen LogP contribution in [0.4, 0.5) is 0 Å². The molecule has 1 unspecified atom stereocenters. The van der Waals surface area contributed by atoms with Gasteiger partial charge in [-0.25, -0.2) is 4.98 Å². The van der Waals surface area contributed by atoms with Crippen LogP contribution in [0.3, 0.4) is 0 Å². The summed E-state index contributed by atoms with van der Waals surface area (Å²) < 4.78 is 5.16. The molecular weight excluding hydrogens is 196 g/mol. The van der Waals surface area contributed by atoms with Crippen molar-refractivity contribution >= 4 is 11.8 Å². The zero-order valence-electron chi connectivity index (χ0n) is 8.82. The van der Waals surface area contributed by atoms with Crippen molar-refractivity contribution in [3.05, 3.63) is 12.5 Å². The highest BCUT2D eigenvalue weighted by Crippen LogP contribution is 2.16. The van der Waals surface area contributed by atoms with Gasteiger partial charge in [0.25, 0.3) is 5.22 Å². The van der Waals surface area contributed by atoms with E-state index in [-0.39, 0.29) is 0 Å². The number of rotatable bonds is 7. The minimum absolute atomic E-state index is 0.562. The standard InChI is InChI=1S/C10H18N2OS/c1-3-5-11-9(4-2)8-14-10-12-6-7-13-10/h6-7,9,11H,3-5,8H2,1-2H3. The molecule has 0 saturated carbocycles. The first-order chi connectivity index (χ1) is 6.86. The Morgan fingerprint density at radius 2 is 2.43 bits per heavy atom. The fourth-order valence-corrected chi connectivity index (χ4v) is 2.08. The first-order valence-electron chi connectivity index (χ1n) is 5.12. The van der Waals surface area contributed by atoms with Gasteiger partial charge in [0.1, 0.15) is 6.26 Å². The van der Waals surface area contributed by atoms with Crippen LogP contribution >= 0.6 is 11.8 Å². The summed E-state index contributed by atoms with van der Waals surface area (Å²) in [4.78, 5) is 4.07. The highest BCUT2D eigenvalue weighted by atomic mass is 32.2. The zero-order valence-corrected chi connectivity index (χ0v) is 9.64. The van der Waals surface area contributed by atoms with Crippen LogP contribution in [-0.4, -0.2) is 23.3 Å². The molecule has 3 nitrogen and oxygen atoms in total. The Morgan fingerprint density at radius 1 is 1.57 bits per heavy atom. The molecule has 0 aliphatic heterocycles. The van der Waals surface area contributed by atoms with E-state index in [0.717, 1.165) is 23.9 Å². The van der Waals surface area contributed by atoms with E-state index in [0.29, 0.717) is 6.04 Å². The molecule has 1 heterocycles. The fraction of sp³-hybridized carbons (Fsp3) is 0.700. The molecule has 0 spiro atoms. The van der Waals surface area contributed by atoms with Crippen molar-refractivity contribution in [1.29, 1.82) is 0 Å². The maximum Gasteiger partial charge on any atom is 0.255 e. The minimum Gasteiger partial charge on any atom is -0.440 e. The lowest BCUT2D eigenvalue weighted by Crippen LogP contribution is -2.31. The second-order valence-corrected chi connectivity index (χ2v) is 4.14. The number of nitrogens with zero attached hydrogens (tertiary/aromatic N) is 1. The van der Waals surface area contributed by atoms with Crippen LogP contribution in [0.2, 0.25) is 0 Å². The molecule has 0 radical (unpaired) electrons. The molecule has 0 fully saturated rings.